The van der Waals surface area contributed by atoms with Crippen LogP contribution in [0.1, 0.15) is 51.2 Å². The van der Waals surface area contributed by atoms with Gasteiger partial charge in [0.1, 0.15) is 0 Å². The summed E-state index contributed by atoms with van der Waals surface area (Å²) in [6.07, 6.45) is 4.33. The molecule has 1 saturated heterocycles. The van der Waals surface area contributed by atoms with Gasteiger partial charge in [-0.3, -0.25) is 0 Å². The van der Waals surface area contributed by atoms with Crippen LogP contribution in [0.25, 0.3) is 0 Å². The number of piperidine rings is 1. The summed E-state index contributed by atoms with van der Waals surface area (Å²) in [4.78, 5) is 2.46. The minimum atomic E-state index is -0.330. The van der Waals surface area contributed by atoms with Crippen LogP contribution in [0.4, 0.5) is 5.69 Å². The molecule has 2 rings (SSSR count). The van der Waals surface area contributed by atoms with Crippen LogP contribution in [-0.4, -0.2) is 18.2 Å². The highest BCUT2D eigenvalue weighted by Gasteiger charge is 2.21. The van der Waals surface area contributed by atoms with Crippen LogP contribution < -0.4 is 4.90 Å². The Balaban J connectivity index is 2.21. The topological polar surface area (TPSA) is 23.5 Å². The van der Waals surface area contributed by atoms with Crippen molar-refractivity contribution in [3.63, 3.8) is 0 Å². The van der Waals surface area contributed by atoms with E-state index in [1.54, 1.807) is 0 Å². The van der Waals surface area contributed by atoms with Crippen molar-refractivity contribution in [1.82, 2.24) is 0 Å². The second-order valence-electron chi connectivity index (χ2n) is 5.35. The molecule has 0 bridgehead atoms. The average molecular weight is 247 g/mol. The number of nitrogens with zero attached hydrogens (tertiary/aromatic N) is 1. The van der Waals surface area contributed by atoms with E-state index in [-0.39, 0.29) is 6.10 Å². The highest BCUT2D eigenvalue weighted by atomic mass is 16.3. The van der Waals surface area contributed by atoms with Crippen LogP contribution in [-0.2, 0) is 0 Å². The first-order valence-corrected chi connectivity index (χ1v) is 7.28. The van der Waals surface area contributed by atoms with Crippen molar-refractivity contribution in [3.05, 3.63) is 29.8 Å². The van der Waals surface area contributed by atoms with Crippen molar-refractivity contribution in [1.29, 1.82) is 0 Å². The van der Waals surface area contributed by atoms with Gasteiger partial charge < -0.3 is 10.0 Å². The molecule has 100 valence electrons. The third kappa shape index (κ3) is 2.86. The average Bonchev–Trinajstić information content (AvgIpc) is 2.46. The zero-order chi connectivity index (χ0) is 13.0. The summed E-state index contributed by atoms with van der Waals surface area (Å²) in [5.41, 5.74) is 2.33. The van der Waals surface area contributed by atoms with Crippen molar-refractivity contribution in [2.75, 3.05) is 18.0 Å². The van der Waals surface area contributed by atoms with Gasteiger partial charge in [-0.05, 0) is 31.2 Å². The van der Waals surface area contributed by atoms with Crippen LogP contribution in [0.3, 0.4) is 0 Å². The lowest BCUT2D eigenvalue weighted by molar-refractivity contribution is 0.174. The van der Waals surface area contributed by atoms with Gasteiger partial charge >= 0.3 is 0 Å². The Morgan fingerprint density at radius 1 is 1.33 bits per heavy atom. The molecule has 0 spiro atoms. The summed E-state index contributed by atoms with van der Waals surface area (Å²) in [6, 6.07) is 8.33. The van der Waals surface area contributed by atoms with Crippen molar-refractivity contribution >= 4 is 5.69 Å². The minimum Gasteiger partial charge on any atom is -0.388 e. The van der Waals surface area contributed by atoms with Crippen molar-refractivity contribution in [3.8, 4) is 0 Å². The fourth-order valence-corrected chi connectivity index (χ4v) is 2.89. The van der Waals surface area contributed by atoms with Crippen molar-refractivity contribution in [2.24, 2.45) is 5.92 Å². The fraction of sp³-hybridized carbons (Fsp3) is 0.625. The van der Waals surface area contributed by atoms with E-state index in [2.05, 4.69) is 30.0 Å². The molecule has 1 heterocycles. The summed E-state index contributed by atoms with van der Waals surface area (Å²) in [5.74, 6) is 0.811. The molecule has 0 aromatic heterocycles. The molecule has 1 aromatic rings. The summed E-state index contributed by atoms with van der Waals surface area (Å²) < 4.78 is 0. The Labute approximate surface area is 111 Å². The zero-order valence-electron chi connectivity index (χ0n) is 11.6. The van der Waals surface area contributed by atoms with E-state index in [1.165, 1.54) is 24.9 Å². The van der Waals surface area contributed by atoms with Gasteiger partial charge in [0, 0.05) is 24.3 Å². The molecular formula is C16H25NO. The van der Waals surface area contributed by atoms with Crippen LogP contribution in [0.15, 0.2) is 24.3 Å². The molecule has 1 aliphatic rings. The molecule has 2 nitrogen and oxygen atoms in total. The van der Waals surface area contributed by atoms with Gasteiger partial charge in [-0.25, -0.2) is 0 Å². The minimum absolute atomic E-state index is 0.330. The molecular weight excluding hydrogens is 222 g/mol. The molecule has 0 amide bonds. The third-order valence-electron chi connectivity index (χ3n) is 4.12. The first-order chi connectivity index (χ1) is 8.76. The zero-order valence-corrected chi connectivity index (χ0v) is 11.6. The number of hydrogen-bond donors (Lipinski definition) is 1. The molecule has 1 fully saturated rings. The third-order valence-corrected chi connectivity index (χ3v) is 4.12. The first-order valence-electron chi connectivity index (χ1n) is 7.28. The maximum absolute atomic E-state index is 10.1. The molecule has 18 heavy (non-hydrogen) atoms. The second kappa shape index (κ2) is 6.24. The Morgan fingerprint density at radius 2 is 2.11 bits per heavy atom. The van der Waals surface area contributed by atoms with Gasteiger partial charge in [0.2, 0.25) is 0 Å². The summed E-state index contributed by atoms with van der Waals surface area (Å²) in [7, 11) is 0. The van der Waals surface area contributed by atoms with Gasteiger partial charge in [-0.15, -0.1) is 0 Å². The van der Waals surface area contributed by atoms with Crippen molar-refractivity contribution < 1.29 is 5.11 Å². The highest BCUT2D eigenvalue weighted by Crippen LogP contribution is 2.31. The van der Waals surface area contributed by atoms with Gasteiger partial charge in [-0.2, -0.15) is 0 Å². The molecule has 1 unspecified atom stereocenters. The quantitative estimate of drug-likeness (QED) is 0.875. The smallest absolute Gasteiger partial charge is 0.0807 e. The lowest BCUT2D eigenvalue weighted by Crippen LogP contribution is -2.35. The van der Waals surface area contributed by atoms with E-state index < -0.39 is 0 Å². The lowest BCUT2D eigenvalue weighted by atomic mass is 9.94. The van der Waals surface area contributed by atoms with Crippen molar-refractivity contribution in [2.45, 2.75) is 45.6 Å². The molecule has 0 aliphatic carbocycles. The number of rotatable bonds is 4. The Bertz CT molecular complexity index is 377. The van der Waals surface area contributed by atoms with Gasteiger partial charge in [0.05, 0.1) is 6.10 Å². The van der Waals surface area contributed by atoms with E-state index in [9.17, 15) is 5.11 Å². The van der Waals surface area contributed by atoms with Crippen LogP contribution in [0, 0.1) is 5.92 Å². The standard InChI is InChI=1S/C16H25NO/c1-3-13-8-7-11-17(12-13)15-10-6-5-9-14(15)16(18)4-2/h5-6,9-10,13,16,18H,3-4,7-8,11-12H2,1-2H3/t13?,16-/m0/s1. The molecule has 1 aromatic carbocycles. The normalized spacial score (nSPS) is 21.9. The number of benzene rings is 1. The van der Waals surface area contributed by atoms with Crippen LogP contribution in [0.2, 0.25) is 0 Å². The molecule has 2 heteroatoms. The SMILES string of the molecule is CCC1CCCN(c2ccccc2[C@@H](O)CC)C1. The lowest BCUT2D eigenvalue weighted by Gasteiger charge is -2.35. The van der Waals surface area contributed by atoms with E-state index in [0.717, 1.165) is 31.0 Å². The number of anilines is 1. The van der Waals surface area contributed by atoms with Gasteiger partial charge in [-0.1, -0.05) is 38.5 Å². The summed E-state index contributed by atoms with van der Waals surface area (Å²) in [6.45, 7) is 6.58. The van der Waals surface area contributed by atoms with Crippen LogP contribution >= 0.6 is 0 Å². The molecule has 2 atom stereocenters. The number of para-hydroxylation sites is 1. The highest BCUT2D eigenvalue weighted by molar-refractivity contribution is 5.55. The molecule has 1 N–H and O–H groups in total. The summed E-state index contributed by atoms with van der Waals surface area (Å²) >= 11 is 0. The summed E-state index contributed by atoms with van der Waals surface area (Å²) in [5, 5.41) is 10.1. The van der Waals surface area contributed by atoms with E-state index in [4.69, 9.17) is 0 Å². The Morgan fingerprint density at radius 3 is 2.83 bits per heavy atom. The maximum atomic E-state index is 10.1. The predicted molar refractivity (Wildman–Crippen MR) is 76.9 cm³/mol. The number of aliphatic hydroxyl groups is 1. The predicted octanol–water partition coefficient (Wildman–Crippen LogP) is 3.76. The molecule has 0 saturated carbocycles. The molecule has 0 radical (unpaired) electrons. The van der Waals surface area contributed by atoms with Gasteiger partial charge in [0.15, 0.2) is 0 Å². The number of aliphatic hydroxyl groups excluding tert-OH is 1. The van der Waals surface area contributed by atoms with E-state index >= 15 is 0 Å². The number of hydrogen-bond acceptors (Lipinski definition) is 2. The fourth-order valence-electron chi connectivity index (χ4n) is 2.89. The Kier molecular flexibility index (Phi) is 4.65. The largest absolute Gasteiger partial charge is 0.388 e. The molecule has 1 aliphatic heterocycles. The monoisotopic (exact) mass is 247 g/mol. The van der Waals surface area contributed by atoms with E-state index in [0.29, 0.717) is 0 Å². The van der Waals surface area contributed by atoms with Crippen LogP contribution in [0.5, 0.6) is 0 Å². The Hall–Kier alpha value is -1.02. The maximum Gasteiger partial charge on any atom is 0.0807 e. The van der Waals surface area contributed by atoms with E-state index in [1.807, 2.05) is 13.0 Å². The second-order valence-corrected chi connectivity index (χ2v) is 5.35. The van der Waals surface area contributed by atoms with Gasteiger partial charge in [0.25, 0.3) is 0 Å². The first kappa shape index (κ1) is 13.4.